The summed E-state index contributed by atoms with van der Waals surface area (Å²) in [6.45, 7) is 6.15. The first-order chi connectivity index (χ1) is 14.1. The lowest BCUT2D eigenvalue weighted by Gasteiger charge is -2.11. The van der Waals surface area contributed by atoms with Gasteiger partial charge in [0.05, 0.1) is 23.5 Å². The first-order valence-corrected chi connectivity index (χ1v) is 10.4. The monoisotopic (exact) mass is 411 g/mol. The van der Waals surface area contributed by atoms with E-state index in [1.54, 1.807) is 23.5 Å². The summed E-state index contributed by atoms with van der Waals surface area (Å²) >= 11 is 1.67. The van der Waals surface area contributed by atoms with E-state index < -0.39 is 0 Å². The number of furan rings is 1. The maximum absolute atomic E-state index is 12.0. The Kier molecular flexibility index (Phi) is 7.40. The van der Waals surface area contributed by atoms with Gasteiger partial charge in [0.2, 0.25) is 0 Å². The van der Waals surface area contributed by atoms with Crippen molar-refractivity contribution in [1.82, 2.24) is 15.6 Å². The van der Waals surface area contributed by atoms with Crippen molar-refractivity contribution in [3.05, 3.63) is 70.1 Å². The van der Waals surface area contributed by atoms with E-state index in [0.717, 1.165) is 41.7 Å². The normalized spacial score (nSPS) is 11.3. The smallest absolute Gasteiger partial charge is 0.291 e. The number of aryl methyl sites for hydroxylation is 1. The van der Waals surface area contributed by atoms with Crippen molar-refractivity contribution in [2.75, 3.05) is 18.4 Å². The van der Waals surface area contributed by atoms with E-state index in [1.165, 1.54) is 6.26 Å². The summed E-state index contributed by atoms with van der Waals surface area (Å²) < 4.78 is 5.09. The Hall–Kier alpha value is -3.13. The summed E-state index contributed by atoms with van der Waals surface area (Å²) in [6.07, 6.45) is 2.34. The molecule has 2 aromatic heterocycles. The third kappa shape index (κ3) is 6.46. The lowest BCUT2D eigenvalue weighted by Crippen LogP contribution is -2.38. The predicted molar refractivity (Wildman–Crippen MR) is 116 cm³/mol. The van der Waals surface area contributed by atoms with Crippen molar-refractivity contribution in [2.24, 2.45) is 4.99 Å². The molecule has 0 saturated heterocycles. The van der Waals surface area contributed by atoms with E-state index in [0.29, 0.717) is 12.2 Å². The van der Waals surface area contributed by atoms with Crippen LogP contribution in [0.5, 0.6) is 0 Å². The molecule has 3 N–H and O–H groups in total. The number of carbonyl (C=O) groups is 1. The Morgan fingerprint density at radius 2 is 2.03 bits per heavy atom. The molecular formula is C21H25N5O2S. The number of amides is 1. The van der Waals surface area contributed by atoms with Crippen LogP contribution in [0, 0.1) is 6.92 Å². The third-order valence-electron chi connectivity index (χ3n) is 4.06. The maximum Gasteiger partial charge on any atom is 0.291 e. The Bertz CT molecular complexity index is 932. The molecule has 7 nitrogen and oxygen atoms in total. The number of hydrogen-bond donors (Lipinski definition) is 3. The van der Waals surface area contributed by atoms with Gasteiger partial charge in [-0.05, 0) is 43.7 Å². The highest BCUT2D eigenvalue weighted by Crippen LogP contribution is 2.12. The molecule has 1 aromatic carbocycles. The number of guanidine groups is 1. The fraction of sp³-hybridized carbons (Fsp3) is 0.286. The van der Waals surface area contributed by atoms with Gasteiger partial charge in [-0.1, -0.05) is 12.1 Å². The van der Waals surface area contributed by atoms with Crippen molar-refractivity contribution < 1.29 is 9.21 Å². The van der Waals surface area contributed by atoms with Crippen molar-refractivity contribution in [3.63, 3.8) is 0 Å². The number of nitrogens with one attached hydrogen (secondary N) is 3. The van der Waals surface area contributed by atoms with Crippen LogP contribution in [0.2, 0.25) is 0 Å². The molecule has 3 aromatic rings. The molecule has 0 unspecified atom stereocenters. The van der Waals surface area contributed by atoms with Gasteiger partial charge in [-0.15, -0.1) is 11.3 Å². The van der Waals surface area contributed by atoms with E-state index in [2.05, 4.69) is 31.3 Å². The molecule has 0 atom stereocenters. The van der Waals surface area contributed by atoms with Crippen LogP contribution < -0.4 is 16.0 Å². The van der Waals surface area contributed by atoms with Gasteiger partial charge in [-0.2, -0.15) is 0 Å². The van der Waals surface area contributed by atoms with Gasteiger partial charge in [0.1, 0.15) is 0 Å². The highest BCUT2D eigenvalue weighted by molar-refractivity contribution is 7.09. The van der Waals surface area contributed by atoms with Crippen molar-refractivity contribution in [3.8, 4) is 0 Å². The molecule has 0 aliphatic carbocycles. The molecule has 8 heteroatoms. The maximum atomic E-state index is 12.0. The molecule has 2 heterocycles. The second-order valence-corrected chi connectivity index (χ2v) is 7.42. The van der Waals surface area contributed by atoms with Crippen molar-refractivity contribution in [1.29, 1.82) is 0 Å². The van der Waals surface area contributed by atoms with Gasteiger partial charge >= 0.3 is 0 Å². The van der Waals surface area contributed by atoms with E-state index in [9.17, 15) is 4.79 Å². The molecule has 0 saturated carbocycles. The number of thiazole rings is 1. The van der Waals surface area contributed by atoms with Crippen LogP contribution in [0.15, 0.2) is 57.5 Å². The first kappa shape index (κ1) is 20.6. The summed E-state index contributed by atoms with van der Waals surface area (Å²) in [4.78, 5) is 21.1. The molecule has 0 radical (unpaired) electrons. The van der Waals surface area contributed by atoms with E-state index >= 15 is 0 Å². The van der Waals surface area contributed by atoms with Gasteiger partial charge in [-0.25, -0.2) is 9.98 Å². The average molecular weight is 412 g/mol. The molecular weight excluding hydrogens is 386 g/mol. The minimum Gasteiger partial charge on any atom is -0.459 e. The Morgan fingerprint density at radius 3 is 2.69 bits per heavy atom. The van der Waals surface area contributed by atoms with Crippen LogP contribution >= 0.6 is 11.3 Å². The first-order valence-electron chi connectivity index (χ1n) is 9.51. The number of nitrogens with zero attached hydrogens (tertiary/aromatic N) is 2. The fourth-order valence-electron chi connectivity index (χ4n) is 2.64. The molecule has 0 aliphatic heterocycles. The lowest BCUT2D eigenvalue weighted by molar-refractivity contribution is 0.0996. The Labute approximate surface area is 174 Å². The van der Waals surface area contributed by atoms with Gasteiger partial charge in [0.25, 0.3) is 5.91 Å². The lowest BCUT2D eigenvalue weighted by atomic mass is 10.2. The fourth-order valence-corrected chi connectivity index (χ4v) is 3.29. The topological polar surface area (TPSA) is 91.5 Å². The number of aromatic nitrogens is 1. The minimum atomic E-state index is -0.269. The van der Waals surface area contributed by atoms with Gasteiger partial charge in [-0.3, -0.25) is 4.79 Å². The zero-order valence-corrected chi connectivity index (χ0v) is 17.4. The number of carbonyl (C=O) groups excluding carboxylic acids is 1. The van der Waals surface area contributed by atoms with E-state index in [1.807, 2.05) is 38.1 Å². The summed E-state index contributed by atoms with van der Waals surface area (Å²) in [5.74, 6) is 0.789. The predicted octanol–water partition coefficient (Wildman–Crippen LogP) is 3.59. The van der Waals surface area contributed by atoms with Crippen LogP contribution in [0.25, 0.3) is 0 Å². The van der Waals surface area contributed by atoms with Gasteiger partial charge in [0.15, 0.2) is 11.7 Å². The highest BCUT2D eigenvalue weighted by atomic mass is 32.1. The van der Waals surface area contributed by atoms with E-state index in [4.69, 9.17) is 4.42 Å². The van der Waals surface area contributed by atoms with Crippen LogP contribution in [-0.2, 0) is 13.0 Å². The number of benzene rings is 1. The SMILES string of the molecule is CCNC(=NCc1ccc(NC(=O)c2ccco2)cc1)NCCc1csc(C)n1. The summed E-state index contributed by atoms with van der Waals surface area (Å²) in [5, 5.41) is 12.6. The zero-order chi connectivity index (χ0) is 20.5. The van der Waals surface area contributed by atoms with Crippen molar-refractivity contribution in [2.45, 2.75) is 26.8 Å². The van der Waals surface area contributed by atoms with Crippen LogP contribution in [0.1, 0.15) is 33.7 Å². The van der Waals surface area contributed by atoms with Gasteiger partial charge < -0.3 is 20.4 Å². The number of aliphatic imine (C=N–C) groups is 1. The van der Waals surface area contributed by atoms with Gasteiger partial charge in [0, 0.05) is 30.6 Å². The molecule has 0 spiro atoms. The second-order valence-electron chi connectivity index (χ2n) is 6.36. The van der Waals surface area contributed by atoms with Crippen LogP contribution in [0.3, 0.4) is 0 Å². The largest absolute Gasteiger partial charge is 0.459 e. The summed E-state index contributed by atoms with van der Waals surface area (Å²) in [5.41, 5.74) is 2.86. The highest BCUT2D eigenvalue weighted by Gasteiger charge is 2.08. The molecule has 29 heavy (non-hydrogen) atoms. The molecule has 0 aliphatic rings. The number of rotatable bonds is 8. The molecule has 3 rings (SSSR count). The molecule has 0 bridgehead atoms. The summed E-state index contributed by atoms with van der Waals surface area (Å²) in [7, 11) is 0. The average Bonchev–Trinajstić information content (AvgIpc) is 3.39. The Balaban J connectivity index is 1.51. The number of anilines is 1. The van der Waals surface area contributed by atoms with Crippen LogP contribution in [0.4, 0.5) is 5.69 Å². The second kappa shape index (κ2) is 10.4. The summed E-state index contributed by atoms with van der Waals surface area (Å²) in [6, 6.07) is 10.9. The minimum absolute atomic E-state index is 0.269. The molecule has 1 amide bonds. The van der Waals surface area contributed by atoms with Crippen LogP contribution in [-0.4, -0.2) is 29.9 Å². The number of hydrogen-bond acceptors (Lipinski definition) is 5. The zero-order valence-electron chi connectivity index (χ0n) is 16.6. The van der Waals surface area contributed by atoms with E-state index in [-0.39, 0.29) is 11.7 Å². The molecule has 0 fully saturated rings. The van der Waals surface area contributed by atoms with Crippen molar-refractivity contribution >= 4 is 28.9 Å². The molecule has 152 valence electrons. The Morgan fingerprint density at radius 1 is 1.21 bits per heavy atom. The third-order valence-corrected chi connectivity index (χ3v) is 4.88. The standard InChI is InChI=1S/C21H25N5O2S/c1-3-22-21(23-11-10-18-14-29-15(2)25-18)24-13-16-6-8-17(9-7-16)26-20(27)19-5-4-12-28-19/h4-9,12,14H,3,10-11,13H2,1-2H3,(H,26,27)(H2,22,23,24). The quantitative estimate of drug-likeness (QED) is 0.389.